The predicted octanol–water partition coefficient (Wildman–Crippen LogP) is 4.65. The van der Waals surface area contributed by atoms with E-state index in [1.165, 1.54) is 29.6 Å². The monoisotopic (exact) mass is 662 g/mol. The molecule has 6 rings (SSSR count). The van der Waals surface area contributed by atoms with Crippen LogP contribution in [0.15, 0.2) is 55.4 Å². The van der Waals surface area contributed by atoms with E-state index in [1.54, 1.807) is 26.2 Å². The van der Waals surface area contributed by atoms with Crippen LogP contribution in [0.1, 0.15) is 37.8 Å². The molecule has 1 aromatic heterocycles. The molecule has 48 heavy (non-hydrogen) atoms. The van der Waals surface area contributed by atoms with Crippen molar-refractivity contribution in [1.82, 2.24) is 19.8 Å². The van der Waals surface area contributed by atoms with Gasteiger partial charge in [0, 0.05) is 76.9 Å². The number of piperidine rings is 1. The lowest BCUT2D eigenvalue weighted by Crippen LogP contribution is -2.54. The number of aromatic nitrogens is 2. The summed E-state index contributed by atoms with van der Waals surface area (Å²) in [6.45, 7) is 10.4. The van der Waals surface area contributed by atoms with Crippen LogP contribution in [0.25, 0.3) is 0 Å². The van der Waals surface area contributed by atoms with Crippen molar-refractivity contribution in [2.75, 3.05) is 73.6 Å². The van der Waals surface area contributed by atoms with Crippen molar-refractivity contribution in [1.29, 1.82) is 0 Å². The zero-order valence-corrected chi connectivity index (χ0v) is 27.1. The second kappa shape index (κ2) is 14.5. The Morgan fingerprint density at radius 2 is 1.69 bits per heavy atom. The van der Waals surface area contributed by atoms with Crippen molar-refractivity contribution in [2.45, 2.75) is 38.3 Å². The summed E-state index contributed by atoms with van der Waals surface area (Å²) in [6.07, 6.45) is 5.01. The number of anilines is 5. The summed E-state index contributed by atoms with van der Waals surface area (Å²) in [7, 11) is 1.57. The Bertz CT molecular complexity index is 1640. The van der Waals surface area contributed by atoms with Gasteiger partial charge in [-0.15, -0.1) is 0 Å². The highest BCUT2D eigenvalue weighted by Crippen LogP contribution is 2.40. The summed E-state index contributed by atoms with van der Waals surface area (Å²) in [6, 6.07) is 8.77. The molecular formula is C34H40F2N8O4. The van der Waals surface area contributed by atoms with E-state index >= 15 is 0 Å². The molecule has 4 heterocycles. The number of hydrogen-bond acceptors (Lipinski definition) is 10. The Balaban J connectivity index is 1.20. The van der Waals surface area contributed by atoms with Gasteiger partial charge in [-0.05, 0) is 42.7 Å². The third-order valence-electron chi connectivity index (χ3n) is 9.16. The van der Waals surface area contributed by atoms with Gasteiger partial charge in [0.2, 0.25) is 11.8 Å². The molecule has 3 aliphatic heterocycles. The molecule has 3 fully saturated rings. The number of carbonyl (C=O) groups is 2. The first-order chi connectivity index (χ1) is 23.2. The molecule has 1 atom stereocenters. The molecule has 2 N–H and O–H groups in total. The summed E-state index contributed by atoms with van der Waals surface area (Å²) < 4.78 is 33.8. The third-order valence-corrected chi connectivity index (χ3v) is 9.16. The maximum atomic E-state index is 14.0. The minimum absolute atomic E-state index is 0.124. The van der Waals surface area contributed by atoms with Crippen LogP contribution in [-0.4, -0.2) is 90.6 Å². The lowest BCUT2D eigenvalue weighted by atomic mass is 10.0. The highest BCUT2D eigenvalue weighted by Gasteiger charge is 2.31. The number of hydroxylamine groups is 1. The van der Waals surface area contributed by atoms with Gasteiger partial charge in [-0.25, -0.2) is 23.8 Å². The number of rotatable bonds is 9. The number of ether oxygens (including phenoxy) is 1. The van der Waals surface area contributed by atoms with Gasteiger partial charge in [0.05, 0.1) is 36.8 Å². The van der Waals surface area contributed by atoms with Gasteiger partial charge in [-0.2, -0.15) is 0 Å². The smallest absolute Gasteiger partial charge is 0.247 e. The van der Waals surface area contributed by atoms with Gasteiger partial charge in [0.1, 0.15) is 29.5 Å². The van der Waals surface area contributed by atoms with Crippen LogP contribution in [0.2, 0.25) is 0 Å². The van der Waals surface area contributed by atoms with Crippen molar-refractivity contribution in [2.24, 2.45) is 0 Å². The summed E-state index contributed by atoms with van der Waals surface area (Å²) in [4.78, 5) is 45.5. The number of hydrogen-bond donors (Lipinski definition) is 2. The maximum absolute atomic E-state index is 14.0. The van der Waals surface area contributed by atoms with E-state index in [-0.39, 0.29) is 11.8 Å². The van der Waals surface area contributed by atoms with Gasteiger partial charge in [-0.3, -0.25) is 19.3 Å². The summed E-state index contributed by atoms with van der Waals surface area (Å²) in [5, 5.41) is 7.76. The first kappa shape index (κ1) is 33.1. The molecule has 0 bridgehead atoms. The molecule has 254 valence electrons. The van der Waals surface area contributed by atoms with E-state index in [0.717, 1.165) is 63.9 Å². The van der Waals surface area contributed by atoms with Crippen LogP contribution in [0.3, 0.4) is 0 Å². The Morgan fingerprint density at radius 1 is 0.958 bits per heavy atom. The SMILES string of the molecule is C=CC(=O)Nc1cc(Nc2cc(N3OCC[C@@H]3c3cc(F)cc(F)c3)ncn2)c(OC)cc1N1CCC(N2CCN(C(C)=O)CC2)CC1. The highest BCUT2D eigenvalue weighted by molar-refractivity contribution is 6.02. The number of benzene rings is 2. The largest absolute Gasteiger partial charge is 0.494 e. The second-order valence-electron chi connectivity index (χ2n) is 12.1. The molecule has 2 aromatic carbocycles. The van der Waals surface area contributed by atoms with E-state index in [2.05, 4.69) is 37.0 Å². The van der Waals surface area contributed by atoms with Crippen molar-refractivity contribution in [3.05, 3.63) is 72.6 Å². The first-order valence-electron chi connectivity index (χ1n) is 16.1. The second-order valence-corrected chi connectivity index (χ2v) is 12.1. The van der Waals surface area contributed by atoms with Crippen LogP contribution in [0, 0.1) is 11.6 Å². The van der Waals surface area contributed by atoms with Crippen molar-refractivity contribution in [3.63, 3.8) is 0 Å². The minimum Gasteiger partial charge on any atom is -0.494 e. The van der Waals surface area contributed by atoms with Crippen molar-refractivity contribution >= 4 is 40.5 Å². The lowest BCUT2D eigenvalue weighted by Gasteiger charge is -2.43. The summed E-state index contributed by atoms with van der Waals surface area (Å²) >= 11 is 0. The fourth-order valence-corrected chi connectivity index (χ4v) is 6.69. The number of nitrogens with zero attached hydrogens (tertiary/aromatic N) is 6. The number of piperazine rings is 1. The van der Waals surface area contributed by atoms with Gasteiger partial charge in [0.25, 0.3) is 0 Å². The molecule has 3 saturated heterocycles. The van der Waals surface area contributed by atoms with Crippen molar-refractivity contribution < 1.29 is 27.9 Å². The van der Waals surface area contributed by atoms with E-state index in [0.29, 0.717) is 53.4 Å². The fourth-order valence-electron chi connectivity index (χ4n) is 6.69. The molecule has 3 aromatic rings. The topological polar surface area (TPSA) is 115 Å². The average molecular weight is 663 g/mol. The van der Waals surface area contributed by atoms with Crippen LogP contribution in [0.5, 0.6) is 5.75 Å². The Labute approximate surface area is 278 Å². The molecule has 0 unspecified atom stereocenters. The lowest BCUT2D eigenvalue weighted by molar-refractivity contribution is -0.131. The molecule has 2 amide bonds. The Kier molecular flexibility index (Phi) is 10.0. The van der Waals surface area contributed by atoms with E-state index in [1.807, 2.05) is 11.0 Å². The Morgan fingerprint density at radius 3 is 2.35 bits per heavy atom. The van der Waals surface area contributed by atoms with Crippen LogP contribution >= 0.6 is 0 Å². The number of methoxy groups -OCH3 is 1. The van der Waals surface area contributed by atoms with Gasteiger partial charge in [0.15, 0.2) is 5.82 Å². The first-order valence-corrected chi connectivity index (χ1v) is 16.1. The van der Waals surface area contributed by atoms with Crippen LogP contribution in [-0.2, 0) is 14.4 Å². The maximum Gasteiger partial charge on any atom is 0.247 e. The molecule has 12 nitrogen and oxygen atoms in total. The van der Waals surface area contributed by atoms with Crippen LogP contribution in [0.4, 0.5) is 37.5 Å². The fraction of sp³-hybridized carbons (Fsp3) is 0.412. The molecular weight excluding hydrogens is 622 g/mol. The average Bonchev–Trinajstić information content (AvgIpc) is 3.59. The Hall–Kier alpha value is -4.82. The third kappa shape index (κ3) is 7.34. The van der Waals surface area contributed by atoms with Gasteiger partial charge in [-0.1, -0.05) is 6.58 Å². The molecule has 0 spiro atoms. The molecule has 14 heteroatoms. The quantitative estimate of drug-likeness (QED) is 0.314. The predicted molar refractivity (Wildman–Crippen MR) is 178 cm³/mol. The van der Waals surface area contributed by atoms with Gasteiger partial charge >= 0.3 is 0 Å². The standard InChI is InChI=1S/C34H40F2N8O4/c1-4-34(46)40-27-18-28(31(47-3)19-30(27)43-8-5-26(6-9-43)42-12-10-41(11-13-42)22(2)45)39-32-20-33(38-21-37-32)44-29(7-14-48-44)23-15-24(35)17-25(36)16-23/h4,15-21,26,29H,1,5-14H2,2-3H3,(H,40,46)(H,37,38,39)/t29-/m1/s1. The number of halogens is 2. The molecule has 3 aliphatic rings. The number of amides is 2. The van der Waals surface area contributed by atoms with Crippen molar-refractivity contribution in [3.8, 4) is 5.75 Å². The highest BCUT2D eigenvalue weighted by atomic mass is 19.1. The summed E-state index contributed by atoms with van der Waals surface area (Å²) in [5.74, 6) is -0.191. The zero-order chi connectivity index (χ0) is 33.8. The number of nitrogens with one attached hydrogen (secondary N) is 2. The van der Waals surface area contributed by atoms with E-state index in [9.17, 15) is 18.4 Å². The minimum atomic E-state index is -0.662. The van der Waals surface area contributed by atoms with Crippen LogP contribution < -0.4 is 25.3 Å². The molecule has 0 radical (unpaired) electrons. The molecule has 0 aliphatic carbocycles. The normalized spacial score (nSPS) is 18.9. The van der Waals surface area contributed by atoms with E-state index in [4.69, 9.17) is 9.57 Å². The van der Waals surface area contributed by atoms with E-state index < -0.39 is 17.7 Å². The number of carbonyl (C=O) groups excluding carboxylic acids is 2. The molecule has 0 saturated carbocycles. The van der Waals surface area contributed by atoms with Gasteiger partial charge < -0.3 is 25.2 Å². The zero-order valence-electron chi connectivity index (χ0n) is 27.1. The summed E-state index contributed by atoms with van der Waals surface area (Å²) in [5.41, 5.74) is 2.40.